The van der Waals surface area contributed by atoms with Gasteiger partial charge in [0, 0.05) is 29.3 Å². The molecule has 0 unspecified atom stereocenters. The van der Waals surface area contributed by atoms with Gasteiger partial charge in [0.15, 0.2) is 0 Å². The molecule has 0 aliphatic carbocycles. The fourth-order valence-corrected chi connectivity index (χ4v) is 4.64. The third-order valence-electron chi connectivity index (χ3n) is 5.39. The van der Waals surface area contributed by atoms with E-state index in [-0.39, 0.29) is 28.1 Å². The van der Waals surface area contributed by atoms with Crippen LogP contribution >= 0.6 is 0 Å². The summed E-state index contributed by atoms with van der Waals surface area (Å²) in [4.78, 5) is 28.0. The number of rotatable bonds is 7. The largest absolute Gasteiger partial charge is 0.416 e. The number of carbonyl (C=O) groups excluding carboxylic acids is 1. The zero-order valence-corrected chi connectivity index (χ0v) is 19.4. The lowest BCUT2D eigenvalue weighted by Gasteiger charge is -2.12. The van der Waals surface area contributed by atoms with Gasteiger partial charge in [0.05, 0.1) is 10.5 Å². The molecule has 1 heterocycles. The lowest BCUT2D eigenvalue weighted by molar-refractivity contribution is -0.137. The SMILES string of the molecule is O=C(NCCc1ccccc1)c1c[nH]c2ccc(S(=O)(=O)Nc3cccc(C(F)(F)F)c3)cc2c1=O. The molecule has 0 spiro atoms. The van der Waals surface area contributed by atoms with Gasteiger partial charge in [0.1, 0.15) is 5.56 Å². The van der Waals surface area contributed by atoms with E-state index in [1.54, 1.807) is 0 Å². The number of alkyl halides is 3. The van der Waals surface area contributed by atoms with E-state index >= 15 is 0 Å². The minimum Gasteiger partial charge on any atom is -0.360 e. The smallest absolute Gasteiger partial charge is 0.360 e. The van der Waals surface area contributed by atoms with Gasteiger partial charge in [0.25, 0.3) is 15.9 Å². The second kappa shape index (κ2) is 9.86. The molecule has 0 aliphatic heterocycles. The number of fused-ring (bicyclic) bond motifs is 1. The predicted octanol–water partition coefficient (Wildman–Crippen LogP) is 4.32. The fraction of sp³-hybridized carbons (Fsp3) is 0.120. The molecule has 0 bridgehead atoms. The Morgan fingerprint density at radius 3 is 2.42 bits per heavy atom. The first-order chi connectivity index (χ1) is 17.0. The van der Waals surface area contributed by atoms with Crippen molar-refractivity contribution in [2.75, 3.05) is 11.3 Å². The second-order valence-corrected chi connectivity index (χ2v) is 9.60. The van der Waals surface area contributed by atoms with Crippen LogP contribution in [0.1, 0.15) is 21.5 Å². The van der Waals surface area contributed by atoms with Crippen molar-refractivity contribution in [2.45, 2.75) is 17.5 Å². The van der Waals surface area contributed by atoms with Crippen molar-refractivity contribution in [3.63, 3.8) is 0 Å². The number of nitrogens with one attached hydrogen (secondary N) is 3. The summed E-state index contributed by atoms with van der Waals surface area (Å²) >= 11 is 0. The number of pyridine rings is 1. The molecule has 1 aromatic heterocycles. The number of amides is 1. The quantitative estimate of drug-likeness (QED) is 0.341. The van der Waals surface area contributed by atoms with Crippen molar-refractivity contribution < 1.29 is 26.4 Å². The third-order valence-corrected chi connectivity index (χ3v) is 6.77. The number of hydrogen-bond donors (Lipinski definition) is 3. The first kappa shape index (κ1) is 25.0. The summed E-state index contributed by atoms with van der Waals surface area (Å²) in [6, 6.07) is 16.8. The lowest BCUT2D eigenvalue weighted by Crippen LogP contribution is -2.30. The molecule has 0 atom stereocenters. The number of sulfonamides is 1. The lowest BCUT2D eigenvalue weighted by atomic mass is 10.1. The van der Waals surface area contributed by atoms with Gasteiger partial charge in [-0.15, -0.1) is 0 Å². The highest BCUT2D eigenvalue weighted by molar-refractivity contribution is 7.92. The maximum atomic E-state index is 13.0. The molecule has 0 saturated carbocycles. The Morgan fingerprint density at radius 1 is 0.944 bits per heavy atom. The number of aromatic nitrogens is 1. The van der Waals surface area contributed by atoms with Crippen molar-refractivity contribution in [3.8, 4) is 0 Å². The van der Waals surface area contributed by atoms with Crippen molar-refractivity contribution in [3.05, 3.63) is 106 Å². The van der Waals surface area contributed by atoms with Gasteiger partial charge < -0.3 is 10.3 Å². The van der Waals surface area contributed by atoms with Gasteiger partial charge >= 0.3 is 6.18 Å². The summed E-state index contributed by atoms with van der Waals surface area (Å²) in [5.41, 5.74) is -0.883. The van der Waals surface area contributed by atoms with Crippen LogP contribution in [0.5, 0.6) is 0 Å². The summed E-state index contributed by atoms with van der Waals surface area (Å²) < 4.78 is 66.6. The number of halogens is 3. The van der Waals surface area contributed by atoms with Gasteiger partial charge in [-0.25, -0.2) is 8.42 Å². The average Bonchev–Trinajstić information content (AvgIpc) is 2.84. The normalized spacial score (nSPS) is 11.9. The summed E-state index contributed by atoms with van der Waals surface area (Å²) in [5, 5.41) is 2.61. The Morgan fingerprint density at radius 2 is 1.69 bits per heavy atom. The van der Waals surface area contributed by atoms with Crippen LogP contribution in [0.25, 0.3) is 10.9 Å². The molecule has 0 aliphatic rings. The molecule has 1 amide bonds. The zero-order valence-electron chi connectivity index (χ0n) is 18.6. The van der Waals surface area contributed by atoms with Crippen LogP contribution in [0, 0.1) is 0 Å². The molecule has 4 rings (SSSR count). The van der Waals surface area contributed by atoms with Gasteiger partial charge in [0.2, 0.25) is 5.43 Å². The van der Waals surface area contributed by atoms with Crippen molar-refractivity contribution in [2.24, 2.45) is 0 Å². The van der Waals surface area contributed by atoms with Gasteiger partial charge in [-0.05, 0) is 48.4 Å². The van der Waals surface area contributed by atoms with Crippen molar-refractivity contribution >= 4 is 32.5 Å². The van der Waals surface area contributed by atoms with E-state index in [4.69, 9.17) is 0 Å². The van der Waals surface area contributed by atoms with Gasteiger partial charge in [-0.3, -0.25) is 14.3 Å². The van der Waals surface area contributed by atoms with Crippen LogP contribution in [0.2, 0.25) is 0 Å². The minimum absolute atomic E-state index is 0.0578. The number of anilines is 1. The number of hydrogen-bond acceptors (Lipinski definition) is 4. The summed E-state index contributed by atoms with van der Waals surface area (Å²) in [6.07, 6.45) is -2.84. The van der Waals surface area contributed by atoms with E-state index in [1.165, 1.54) is 24.4 Å². The van der Waals surface area contributed by atoms with Crippen LogP contribution in [-0.2, 0) is 22.6 Å². The zero-order chi connectivity index (χ0) is 25.9. The third kappa shape index (κ3) is 5.57. The molecule has 3 N–H and O–H groups in total. The van der Waals surface area contributed by atoms with Crippen LogP contribution in [0.15, 0.2) is 88.7 Å². The van der Waals surface area contributed by atoms with Crippen LogP contribution < -0.4 is 15.5 Å². The van der Waals surface area contributed by atoms with Crippen LogP contribution in [0.4, 0.5) is 18.9 Å². The summed E-state index contributed by atoms with van der Waals surface area (Å²) in [7, 11) is -4.33. The second-order valence-electron chi connectivity index (χ2n) is 7.91. The summed E-state index contributed by atoms with van der Waals surface area (Å²) in [5.74, 6) is -0.621. The summed E-state index contributed by atoms with van der Waals surface area (Å²) in [6.45, 7) is 0.287. The van der Waals surface area contributed by atoms with E-state index in [9.17, 15) is 31.2 Å². The van der Waals surface area contributed by atoms with Crippen LogP contribution in [0.3, 0.4) is 0 Å². The highest BCUT2D eigenvalue weighted by Crippen LogP contribution is 2.31. The van der Waals surface area contributed by atoms with Gasteiger partial charge in [-0.2, -0.15) is 13.2 Å². The van der Waals surface area contributed by atoms with E-state index < -0.39 is 33.1 Å². The topological polar surface area (TPSA) is 108 Å². The predicted molar refractivity (Wildman–Crippen MR) is 129 cm³/mol. The molecule has 0 fully saturated rings. The molecular weight excluding hydrogens is 495 g/mol. The molecule has 4 aromatic rings. The first-order valence-corrected chi connectivity index (χ1v) is 12.2. The van der Waals surface area contributed by atoms with Crippen LogP contribution in [-0.4, -0.2) is 25.9 Å². The standard InChI is InChI=1S/C25H20F3N3O4S/c26-25(27,28)17-7-4-8-18(13-17)31-36(34,35)19-9-10-22-20(14-19)23(32)21(15-30-22)24(33)29-12-11-16-5-2-1-3-6-16/h1-10,13-15,31H,11-12H2,(H,29,33)(H,30,32). The van der Waals surface area contributed by atoms with E-state index in [0.717, 1.165) is 23.8 Å². The van der Waals surface area contributed by atoms with Crippen molar-refractivity contribution in [1.82, 2.24) is 10.3 Å². The molecule has 11 heteroatoms. The molecular formula is C25H20F3N3O4S. The molecule has 3 aromatic carbocycles. The minimum atomic E-state index is -4.64. The Bertz CT molecular complexity index is 1580. The maximum absolute atomic E-state index is 13.0. The van der Waals surface area contributed by atoms with Gasteiger partial charge in [-0.1, -0.05) is 36.4 Å². The first-order valence-electron chi connectivity index (χ1n) is 10.7. The molecule has 186 valence electrons. The number of carbonyl (C=O) groups is 1. The molecule has 0 saturated heterocycles. The van der Waals surface area contributed by atoms with E-state index in [0.29, 0.717) is 18.0 Å². The Balaban J connectivity index is 1.57. The number of aromatic amines is 1. The average molecular weight is 516 g/mol. The Hall–Kier alpha value is -4.12. The number of benzene rings is 3. The molecule has 0 radical (unpaired) electrons. The Labute approximate surface area is 204 Å². The van der Waals surface area contributed by atoms with E-state index in [2.05, 4.69) is 15.0 Å². The van der Waals surface area contributed by atoms with Crippen molar-refractivity contribution in [1.29, 1.82) is 0 Å². The number of H-pyrrole nitrogens is 1. The monoisotopic (exact) mass is 515 g/mol. The maximum Gasteiger partial charge on any atom is 0.416 e. The molecule has 7 nitrogen and oxygen atoms in total. The Kier molecular flexibility index (Phi) is 6.84. The highest BCUT2D eigenvalue weighted by atomic mass is 32.2. The fourth-order valence-electron chi connectivity index (χ4n) is 3.57. The highest BCUT2D eigenvalue weighted by Gasteiger charge is 2.30. The van der Waals surface area contributed by atoms with E-state index in [1.807, 2.05) is 30.3 Å². The molecule has 36 heavy (non-hydrogen) atoms.